The SMILES string of the molecule is C/C=C/CCNCC1CCN(C)CC1. The molecule has 0 bridgehead atoms. The summed E-state index contributed by atoms with van der Waals surface area (Å²) < 4.78 is 0. The van der Waals surface area contributed by atoms with Crippen LogP contribution in [0, 0.1) is 5.92 Å². The summed E-state index contributed by atoms with van der Waals surface area (Å²) in [5, 5.41) is 3.53. The molecule has 1 heterocycles. The molecule has 1 fully saturated rings. The van der Waals surface area contributed by atoms with Crippen LogP contribution in [0.15, 0.2) is 12.2 Å². The van der Waals surface area contributed by atoms with E-state index in [2.05, 4.69) is 36.3 Å². The molecule has 82 valence electrons. The van der Waals surface area contributed by atoms with Crippen molar-refractivity contribution in [2.75, 3.05) is 33.2 Å². The average molecular weight is 196 g/mol. The van der Waals surface area contributed by atoms with Gasteiger partial charge in [0.2, 0.25) is 0 Å². The monoisotopic (exact) mass is 196 g/mol. The van der Waals surface area contributed by atoms with E-state index >= 15 is 0 Å². The van der Waals surface area contributed by atoms with Gasteiger partial charge in [-0.15, -0.1) is 0 Å². The molecule has 2 heteroatoms. The summed E-state index contributed by atoms with van der Waals surface area (Å²) in [6, 6.07) is 0. The number of nitrogens with one attached hydrogen (secondary N) is 1. The third-order valence-electron chi connectivity index (χ3n) is 2.99. The van der Waals surface area contributed by atoms with Crippen LogP contribution in [0.3, 0.4) is 0 Å². The highest BCUT2D eigenvalue weighted by molar-refractivity contribution is 4.78. The molecule has 1 N–H and O–H groups in total. The van der Waals surface area contributed by atoms with Gasteiger partial charge in [-0.3, -0.25) is 0 Å². The first-order valence-electron chi connectivity index (χ1n) is 5.83. The Labute approximate surface area is 88.4 Å². The maximum atomic E-state index is 3.53. The van der Waals surface area contributed by atoms with Crippen LogP contribution in [-0.4, -0.2) is 38.1 Å². The second kappa shape index (κ2) is 7.02. The van der Waals surface area contributed by atoms with Crippen LogP contribution in [0.25, 0.3) is 0 Å². The molecule has 0 aromatic rings. The van der Waals surface area contributed by atoms with Crippen molar-refractivity contribution in [3.63, 3.8) is 0 Å². The number of allylic oxidation sites excluding steroid dienone is 1. The molecule has 0 aliphatic carbocycles. The van der Waals surface area contributed by atoms with E-state index in [1.54, 1.807) is 0 Å². The van der Waals surface area contributed by atoms with Gasteiger partial charge in [-0.2, -0.15) is 0 Å². The molecule has 0 spiro atoms. The summed E-state index contributed by atoms with van der Waals surface area (Å²) >= 11 is 0. The Morgan fingerprint density at radius 1 is 1.36 bits per heavy atom. The van der Waals surface area contributed by atoms with E-state index in [0.29, 0.717) is 0 Å². The van der Waals surface area contributed by atoms with Crippen molar-refractivity contribution in [3.05, 3.63) is 12.2 Å². The van der Waals surface area contributed by atoms with Crippen LogP contribution in [0.4, 0.5) is 0 Å². The van der Waals surface area contributed by atoms with Crippen molar-refractivity contribution >= 4 is 0 Å². The van der Waals surface area contributed by atoms with Crippen molar-refractivity contribution in [2.24, 2.45) is 5.92 Å². The maximum absolute atomic E-state index is 3.53. The number of hydrogen-bond donors (Lipinski definition) is 1. The van der Waals surface area contributed by atoms with Gasteiger partial charge in [0.05, 0.1) is 0 Å². The van der Waals surface area contributed by atoms with Crippen molar-refractivity contribution in [3.8, 4) is 0 Å². The van der Waals surface area contributed by atoms with Gasteiger partial charge < -0.3 is 10.2 Å². The fourth-order valence-electron chi connectivity index (χ4n) is 1.92. The van der Waals surface area contributed by atoms with Crippen molar-refractivity contribution < 1.29 is 0 Å². The fraction of sp³-hybridized carbons (Fsp3) is 0.833. The summed E-state index contributed by atoms with van der Waals surface area (Å²) in [4.78, 5) is 2.43. The highest BCUT2D eigenvalue weighted by atomic mass is 15.1. The first-order chi connectivity index (χ1) is 6.83. The third kappa shape index (κ3) is 4.77. The van der Waals surface area contributed by atoms with E-state index in [1.165, 1.54) is 38.9 Å². The second-order valence-electron chi connectivity index (χ2n) is 4.31. The van der Waals surface area contributed by atoms with E-state index in [-0.39, 0.29) is 0 Å². The van der Waals surface area contributed by atoms with Crippen LogP contribution in [0.1, 0.15) is 26.2 Å². The van der Waals surface area contributed by atoms with Crippen molar-refractivity contribution in [2.45, 2.75) is 26.2 Å². The largest absolute Gasteiger partial charge is 0.316 e. The minimum Gasteiger partial charge on any atom is -0.316 e. The van der Waals surface area contributed by atoms with Crippen LogP contribution < -0.4 is 5.32 Å². The van der Waals surface area contributed by atoms with Gasteiger partial charge in [0, 0.05) is 0 Å². The molecule has 1 aliphatic rings. The predicted octanol–water partition coefficient (Wildman–Crippen LogP) is 1.88. The third-order valence-corrected chi connectivity index (χ3v) is 2.99. The topological polar surface area (TPSA) is 15.3 Å². The number of likely N-dealkylation sites (tertiary alicyclic amines) is 1. The molecule has 2 nitrogen and oxygen atoms in total. The van der Waals surface area contributed by atoms with Crippen LogP contribution in [0.5, 0.6) is 0 Å². The number of nitrogens with zero attached hydrogens (tertiary/aromatic N) is 1. The first-order valence-corrected chi connectivity index (χ1v) is 5.83. The molecule has 1 saturated heterocycles. The van der Waals surface area contributed by atoms with Gasteiger partial charge in [-0.05, 0) is 65.3 Å². The Balaban J connectivity index is 1.96. The number of rotatable bonds is 5. The lowest BCUT2D eigenvalue weighted by molar-refractivity contribution is 0.216. The normalized spacial score (nSPS) is 20.7. The van der Waals surface area contributed by atoms with Crippen LogP contribution >= 0.6 is 0 Å². The quantitative estimate of drug-likeness (QED) is 0.533. The molecule has 14 heavy (non-hydrogen) atoms. The highest BCUT2D eigenvalue weighted by Gasteiger charge is 2.15. The van der Waals surface area contributed by atoms with Gasteiger partial charge >= 0.3 is 0 Å². The molecule has 1 aliphatic heterocycles. The average Bonchev–Trinajstić information content (AvgIpc) is 2.21. The lowest BCUT2D eigenvalue weighted by Crippen LogP contribution is -2.35. The van der Waals surface area contributed by atoms with Gasteiger partial charge in [0.15, 0.2) is 0 Å². The molecule has 0 unspecified atom stereocenters. The first kappa shape index (κ1) is 11.7. The molecule has 0 atom stereocenters. The van der Waals surface area contributed by atoms with E-state index in [4.69, 9.17) is 0 Å². The molecule has 0 saturated carbocycles. The second-order valence-corrected chi connectivity index (χ2v) is 4.31. The van der Waals surface area contributed by atoms with E-state index in [9.17, 15) is 0 Å². The summed E-state index contributed by atoms with van der Waals surface area (Å²) in [6.45, 7) is 6.99. The smallest absolute Gasteiger partial charge is 0.00142 e. The molecule has 0 radical (unpaired) electrons. The van der Waals surface area contributed by atoms with Gasteiger partial charge in [0.25, 0.3) is 0 Å². The van der Waals surface area contributed by atoms with Crippen LogP contribution in [0.2, 0.25) is 0 Å². The Hall–Kier alpha value is -0.340. The Morgan fingerprint density at radius 2 is 2.07 bits per heavy atom. The van der Waals surface area contributed by atoms with Crippen LogP contribution in [-0.2, 0) is 0 Å². The Morgan fingerprint density at radius 3 is 2.71 bits per heavy atom. The van der Waals surface area contributed by atoms with Gasteiger partial charge in [-0.1, -0.05) is 12.2 Å². The zero-order valence-corrected chi connectivity index (χ0v) is 9.63. The minimum atomic E-state index is 0.914. The highest BCUT2D eigenvalue weighted by Crippen LogP contribution is 2.14. The Bertz CT molecular complexity index is 158. The number of hydrogen-bond acceptors (Lipinski definition) is 2. The molecule has 0 aromatic carbocycles. The zero-order chi connectivity index (χ0) is 10.2. The summed E-state index contributed by atoms with van der Waals surface area (Å²) in [5.41, 5.74) is 0. The lowest BCUT2D eigenvalue weighted by Gasteiger charge is -2.28. The summed E-state index contributed by atoms with van der Waals surface area (Å²) in [5.74, 6) is 0.914. The molecule has 1 rings (SSSR count). The van der Waals surface area contributed by atoms with E-state index in [1.807, 2.05) is 0 Å². The molecular weight excluding hydrogens is 172 g/mol. The molecule has 0 aromatic heterocycles. The summed E-state index contributed by atoms with van der Waals surface area (Å²) in [6.07, 6.45) is 8.25. The van der Waals surface area contributed by atoms with Gasteiger partial charge in [0.1, 0.15) is 0 Å². The lowest BCUT2D eigenvalue weighted by atomic mass is 9.97. The van der Waals surface area contributed by atoms with Crippen molar-refractivity contribution in [1.29, 1.82) is 0 Å². The van der Waals surface area contributed by atoms with E-state index in [0.717, 1.165) is 12.5 Å². The van der Waals surface area contributed by atoms with Gasteiger partial charge in [-0.25, -0.2) is 0 Å². The maximum Gasteiger partial charge on any atom is -0.00142 e. The van der Waals surface area contributed by atoms with Crippen molar-refractivity contribution in [1.82, 2.24) is 10.2 Å². The standard InChI is InChI=1S/C12H24N2/c1-3-4-5-8-13-11-12-6-9-14(2)10-7-12/h3-4,12-13H,5-11H2,1-2H3/b4-3+. The predicted molar refractivity (Wildman–Crippen MR) is 62.5 cm³/mol. The Kier molecular flexibility index (Phi) is 5.88. The minimum absolute atomic E-state index is 0.914. The van der Waals surface area contributed by atoms with E-state index < -0.39 is 0 Å². The molecular formula is C12H24N2. The number of piperidine rings is 1. The fourth-order valence-corrected chi connectivity index (χ4v) is 1.92. The molecule has 0 amide bonds. The zero-order valence-electron chi connectivity index (χ0n) is 9.63. The summed E-state index contributed by atoms with van der Waals surface area (Å²) in [7, 11) is 2.22.